The van der Waals surface area contributed by atoms with Gasteiger partial charge in [0, 0.05) is 12.6 Å². The average Bonchev–Trinajstić information content (AvgIpc) is 3.19. The van der Waals surface area contributed by atoms with Gasteiger partial charge in [-0.25, -0.2) is 14.8 Å². The second-order valence-electron chi connectivity index (χ2n) is 6.39. The number of nitrogens with zero attached hydrogens (tertiary/aromatic N) is 2. The fourth-order valence-electron chi connectivity index (χ4n) is 2.98. The number of aryl methyl sites for hydroxylation is 1. The summed E-state index contributed by atoms with van der Waals surface area (Å²) in [5.41, 5.74) is 2.08. The van der Waals surface area contributed by atoms with E-state index in [1.54, 1.807) is 24.3 Å². The number of hydrogen-bond donors (Lipinski definition) is 2. The molecule has 0 atom stereocenters. The summed E-state index contributed by atoms with van der Waals surface area (Å²) in [6.45, 7) is 2.62. The molecule has 8 heteroatoms. The molecule has 3 aromatic rings. The molecule has 0 bridgehead atoms. The summed E-state index contributed by atoms with van der Waals surface area (Å²) >= 11 is 0. The van der Waals surface area contributed by atoms with Crippen molar-refractivity contribution in [1.82, 2.24) is 9.97 Å². The van der Waals surface area contributed by atoms with Gasteiger partial charge < -0.3 is 24.8 Å². The molecule has 4 rings (SSSR count). The number of methoxy groups -OCH3 is 1. The summed E-state index contributed by atoms with van der Waals surface area (Å²) in [5.74, 6) is 2.90. The van der Waals surface area contributed by atoms with Crippen LogP contribution in [0, 0.1) is 6.92 Å². The molecule has 0 unspecified atom stereocenters. The predicted molar refractivity (Wildman–Crippen MR) is 108 cm³/mol. The largest absolute Gasteiger partial charge is 0.465 e. The minimum Gasteiger partial charge on any atom is -0.465 e. The van der Waals surface area contributed by atoms with E-state index in [2.05, 4.69) is 20.6 Å². The van der Waals surface area contributed by atoms with Crippen molar-refractivity contribution in [2.24, 2.45) is 0 Å². The van der Waals surface area contributed by atoms with Crippen LogP contribution in [0.15, 0.2) is 48.5 Å². The number of esters is 1. The standard InChI is InChI=1S/C21H20N4O4/c1-13-23-19(22-11-14-7-8-17-18(9-14)29-12-28-17)10-20(24-13)25-16-6-4-3-5-15(16)21(26)27-2/h3-10H,11-12H2,1-2H3,(H2,22,23,24,25). The van der Waals surface area contributed by atoms with Gasteiger partial charge in [0.2, 0.25) is 6.79 Å². The van der Waals surface area contributed by atoms with Crippen LogP contribution in [-0.2, 0) is 11.3 Å². The van der Waals surface area contributed by atoms with Gasteiger partial charge in [0.05, 0.1) is 18.4 Å². The molecule has 1 aliphatic heterocycles. The number of benzene rings is 2. The minimum absolute atomic E-state index is 0.249. The first kappa shape index (κ1) is 18.5. The molecular formula is C21H20N4O4. The molecule has 0 spiro atoms. The SMILES string of the molecule is COC(=O)c1ccccc1Nc1cc(NCc2ccc3c(c2)OCO3)nc(C)n1. The number of carbonyl (C=O) groups excluding carboxylic acids is 1. The van der Waals surface area contributed by atoms with Gasteiger partial charge in [0.25, 0.3) is 0 Å². The van der Waals surface area contributed by atoms with Crippen molar-refractivity contribution < 1.29 is 19.0 Å². The zero-order valence-electron chi connectivity index (χ0n) is 16.1. The van der Waals surface area contributed by atoms with Crippen LogP contribution >= 0.6 is 0 Å². The lowest BCUT2D eigenvalue weighted by Crippen LogP contribution is -2.08. The second-order valence-corrected chi connectivity index (χ2v) is 6.39. The lowest BCUT2D eigenvalue weighted by atomic mass is 10.2. The summed E-state index contributed by atoms with van der Waals surface area (Å²) in [7, 11) is 1.35. The Hall–Kier alpha value is -3.81. The van der Waals surface area contributed by atoms with Crippen LogP contribution in [-0.4, -0.2) is 29.8 Å². The Balaban J connectivity index is 1.50. The number of anilines is 3. The van der Waals surface area contributed by atoms with Crippen molar-refractivity contribution in [1.29, 1.82) is 0 Å². The van der Waals surface area contributed by atoms with E-state index in [1.165, 1.54) is 7.11 Å². The molecule has 2 heterocycles. The van der Waals surface area contributed by atoms with E-state index >= 15 is 0 Å². The first-order valence-corrected chi connectivity index (χ1v) is 9.05. The molecule has 0 saturated carbocycles. The van der Waals surface area contributed by atoms with E-state index in [0.29, 0.717) is 35.3 Å². The number of rotatable bonds is 6. The molecule has 0 fully saturated rings. The van der Waals surface area contributed by atoms with E-state index in [9.17, 15) is 4.79 Å². The van der Waals surface area contributed by atoms with E-state index in [1.807, 2.05) is 31.2 Å². The van der Waals surface area contributed by atoms with Crippen LogP contribution in [0.2, 0.25) is 0 Å². The molecule has 0 saturated heterocycles. The van der Waals surface area contributed by atoms with Crippen LogP contribution in [0.25, 0.3) is 0 Å². The van der Waals surface area contributed by atoms with Gasteiger partial charge >= 0.3 is 5.97 Å². The van der Waals surface area contributed by atoms with Crippen molar-refractivity contribution in [3.8, 4) is 11.5 Å². The van der Waals surface area contributed by atoms with Gasteiger partial charge in [-0.05, 0) is 36.8 Å². The van der Waals surface area contributed by atoms with Gasteiger partial charge in [-0.1, -0.05) is 18.2 Å². The van der Waals surface area contributed by atoms with Crippen molar-refractivity contribution in [2.75, 3.05) is 24.5 Å². The topological polar surface area (TPSA) is 94.6 Å². The average molecular weight is 392 g/mol. The van der Waals surface area contributed by atoms with Crippen LogP contribution in [0.1, 0.15) is 21.7 Å². The molecule has 2 N–H and O–H groups in total. The van der Waals surface area contributed by atoms with Crippen LogP contribution < -0.4 is 20.1 Å². The lowest BCUT2D eigenvalue weighted by molar-refractivity contribution is 0.0602. The molecule has 29 heavy (non-hydrogen) atoms. The molecule has 1 aliphatic rings. The Labute approximate surface area is 167 Å². The maximum atomic E-state index is 12.0. The lowest BCUT2D eigenvalue weighted by Gasteiger charge is -2.12. The smallest absolute Gasteiger partial charge is 0.339 e. The third kappa shape index (κ3) is 4.21. The molecule has 0 radical (unpaired) electrons. The summed E-state index contributed by atoms with van der Waals surface area (Å²) < 4.78 is 15.6. The molecule has 148 valence electrons. The summed E-state index contributed by atoms with van der Waals surface area (Å²) in [5, 5.41) is 6.46. The number of para-hydroxylation sites is 1. The normalized spacial score (nSPS) is 11.8. The van der Waals surface area contributed by atoms with Crippen molar-refractivity contribution in [3.63, 3.8) is 0 Å². The molecule has 0 amide bonds. The van der Waals surface area contributed by atoms with Gasteiger partial charge in [0.1, 0.15) is 17.5 Å². The first-order valence-electron chi connectivity index (χ1n) is 9.05. The summed E-state index contributed by atoms with van der Waals surface area (Å²) in [4.78, 5) is 20.8. The second kappa shape index (κ2) is 8.05. The Bertz CT molecular complexity index is 1050. The number of ether oxygens (including phenoxy) is 3. The number of fused-ring (bicyclic) bond motifs is 1. The maximum Gasteiger partial charge on any atom is 0.339 e. The fourth-order valence-corrected chi connectivity index (χ4v) is 2.98. The maximum absolute atomic E-state index is 12.0. The monoisotopic (exact) mass is 392 g/mol. The van der Waals surface area contributed by atoms with E-state index in [-0.39, 0.29) is 6.79 Å². The Morgan fingerprint density at radius 1 is 1.07 bits per heavy atom. The molecule has 0 aliphatic carbocycles. The number of hydrogen-bond acceptors (Lipinski definition) is 8. The van der Waals surface area contributed by atoms with Crippen molar-refractivity contribution >= 4 is 23.3 Å². The number of carbonyl (C=O) groups is 1. The third-order valence-electron chi connectivity index (χ3n) is 4.34. The highest BCUT2D eigenvalue weighted by Gasteiger charge is 2.14. The van der Waals surface area contributed by atoms with Crippen LogP contribution in [0.3, 0.4) is 0 Å². The molecule has 1 aromatic heterocycles. The van der Waals surface area contributed by atoms with Gasteiger partial charge in [-0.15, -0.1) is 0 Å². The molecule has 8 nitrogen and oxygen atoms in total. The predicted octanol–water partition coefficient (Wildman–Crippen LogP) is 3.66. The van der Waals surface area contributed by atoms with Gasteiger partial charge in [-0.2, -0.15) is 0 Å². The Kier molecular flexibility index (Phi) is 5.15. The fraction of sp³-hybridized carbons (Fsp3) is 0.190. The Morgan fingerprint density at radius 3 is 2.72 bits per heavy atom. The zero-order valence-corrected chi connectivity index (χ0v) is 16.1. The van der Waals surface area contributed by atoms with E-state index < -0.39 is 5.97 Å². The van der Waals surface area contributed by atoms with Gasteiger partial charge in [0.15, 0.2) is 11.5 Å². The summed E-state index contributed by atoms with van der Waals surface area (Å²) in [6, 6.07) is 14.7. The quantitative estimate of drug-likeness (QED) is 0.614. The highest BCUT2D eigenvalue weighted by atomic mass is 16.7. The highest BCUT2D eigenvalue weighted by molar-refractivity contribution is 5.96. The minimum atomic E-state index is -0.417. The van der Waals surface area contributed by atoms with Gasteiger partial charge in [-0.3, -0.25) is 0 Å². The third-order valence-corrected chi connectivity index (χ3v) is 4.34. The van der Waals surface area contributed by atoms with Crippen molar-refractivity contribution in [3.05, 3.63) is 65.5 Å². The highest BCUT2D eigenvalue weighted by Crippen LogP contribution is 2.32. The first-order chi connectivity index (χ1) is 14.1. The molecular weight excluding hydrogens is 372 g/mol. The Morgan fingerprint density at radius 2 is 1.86 bits per heavy atom. The molecule has 2 aromatic carbocycles. The van der Waals surface area contributed by atoms with E-state index in [4.69, 9.17) is 14.2 Å². The van der Waals surface area contributed by atoms with Crippen molar-refractivity contribution in [2.45, 2.75) is 13.5 Å². The van der Waals surface area contributed by atoms with E-state index in [0.717, 1.165) is 17.1 Å². The summed E-state index contributed by atoms with van der Waals surface area (Å²) in [6.07, 6.45) is 0. The zero-order chi connectivity index (χ0) is 20.2. The number of aromatic nitrogens is 2. The number of nitrogens with one attached hydrogen (secondary N) is 2. The van der Waals surface area contributed by atoms with Crippen LogP contribution in [0.5, 0.6) is 11.5 Å². The van der Waals surface area contributed by atoms with Crippen LogP contribution in [0.4, 0.5) is 17.3 Å².